The van der Waals surface area contributed by atoms with Crippen LogP contribution in [0.3, 0.4) is 0 Å². The van der Waals surface area contributed by atoms with Gasteiger partial charge in [0.25, 0.3) is 0 Å². The minimum Gasteiger partial charge on any atom is -0.342 e. The van der Waals surface area contributed by atoms with Crippen LogP contribution >= 0.6 is 11.6 Å². The highest BCUT2D eigenvalue weighted by molar-refractivity contribution is 6.30. The molecule has 6 heteroatoms. The summed E-state index contributed by atoms with van der Waals surface area (Å²) in [6.45, 7) is 5.42. The SMILES string of the molecule is CC(C)c1noc([C@@H]2CCC(=O)N(CCc3ccc(Cl)cc3)C2)n1. The van der Waals surface area contributed by atoms with E-state index in [1.165, 1.54) is 5.56 Å². The van der Waals surface area contributed by atoms with E-state index < -0.39 is 0 Å². The molecule has 0 unspecified atom stereocenters. The molecule has 0 spiro atoms. The topological polar surface area (TPSA) is 59.2 Å². The van der Waals surface area contributed by atoms with Gasteiger partial charge < -0.3 is 9.42 Å². The molecule has 1 atom stereocenters. The van der Waals surface area contributed by atoms with Gasteiger partial charge in [0, 0.05) is 30.5 Å². The van der Waals surface area contributed by atoms with Gasteiger partial charge in [-0.2, -0.15) is 4.98 Å². The van der Waals surface area contributed by atoms with E-state index in [0.717, 1.165) is 23.7 Å². The molecule has 128 valence electrons. The van der Waals surface area contributed by atoms with Gasteiger partial charge in [-0.15, -0.1) is 0 Å². The highest BCUT2D eigenvalue weighted by Crippen LogP contribution is 2.27. The summed E-state index contributed by atoms with van der Waals surface area (Å²) in [7, 11) is 0. The lowest BCUT2D eigenvalue weighted by molar-refractivity contribution is -0.133. The van der Waals surface area contributed by atoms with Gasteiger partial charge in [-0.1, -0.05) is 42.7 Å². The maximum atomic E-state index is 12.2. The molecule has 2 aromatic rings. The molecule has 1 amide bonds. The first-order chi connectivity index (χ1) is 11.5. The van der Waals surface area contributed by atoms with E-state index in [1.807, 2.05) is 43.0 Å². The first kappa shape index (κ1) is 17.0. The number of halogens is 1. The number of likely N-dealkylation sites (tertiary alicyclic amines) is 1. The van der Waals surface area contributed by atoms with E-state index in [9.17, 15) is 4.79 Å². The molecule has 0 aliphatic carbocycles. The normalized spacial score (nSPS) is 18.4. The third-order valence-corrected chi connectivity index (χ3v) is 4.66. The van der Waals surface area contributed by atoms with Gasteiger partial charge in [-0.05, 0) is 30.5 Å². The molecule has 5 nitrogen and oxygen atoms in total. The summed E-state index contributed by atoms with van der Waals surface area (Å²) in [5.41, 5.74) is 1.18. The fraction of sp³-hybridized carbons (Fsp3) is 0.500. The largest absolute Gasteiger partial charge is 0.342 e. The first-order valence-corrected chi connectivity index (χ1v) is 8.76. The maximum absolute atomic E-state index is 12.2. The number of aromatic nitrogens is 2. The van der Waals surface area contributed by atoms with Crippen LogP contribution in [0.25, 0.3) is 0 Å². The number of carbonyl (C=O) groups is 1. The summed E-state index contributed by atoms with van der Waals surface area (Å²) in [5, 5.41) is 4.76. The van der Waals surface area contributed by atoms with Gasteiger partial charge in [-0.25, -0.2) is 0 Å². The molecule has 1 aromatic carbocycles. The predicted molar refractivity (Wildman–Crippen MR) is 92.1 cm³/mol. The fourth-order valence-corrected chi connectivity index (χ4v) is 3.02. The van der Waals surface area contributed by atoms with Crippen molar-refractivity contribution in [2.45, 2.75) is 44.9 Å². The minimum atomic E-state index is 0.132. The van der Waals surface area contributed by atoms with Crippen molar-refractivity contribution in [3.05, 3.63) is 46.6 Å². The summed E-state index contributed by atoms with van der Waals surface area (Å²) in [4.78, 5) is 18.6. The van der Waals surface area contributed by atoms with E-state index in [1.54, 1.807) is 0 Å². The van der Waals surface area contributed by atoms with E-state index in [2.05, 4.69) is 10.1 Å². The van der Waals surface area contributed by atoms with Crippen LogP contribution in [0.15, 0.2) is 28.8 Å². The Balaban J connectivity index is 1.62. The second kappa shape index (κ2) is 7.34. The van der Waals surface area contributed by atoms with Crippen molar-refractivity contribution < 1.29 is 9.32 Å². The Morgan fingerprint density at radius 2 is 2.08 bits per heavy atom. The number of amides is 1. The number of carbonyl (C=O) groups excluding carboxylic acids is 1. The third kappa shape index (κ3) is 3.96. The lowest BCUT2D eigenvalue weighted by Gasteiger charge is -2.31. The molecule has 0 bridgehead atoms. The zero-order valence-electron chi connectivity index (χ0n) is 14.0. The number of benzene rings is 1. The highest BCUT2D eigenvalue weighted by Gasteiger charge is 2.30. The smallest absolute Gasteiger partial charge is 0.231 e. The van der Waals surface area contributed by atoms with Gasteiger partial charge in [-0.3, -0.25) is 4.79 Å². The van der Waals surface area contributed by atoms with Gasteiger partial charge in [0.05, 0.1) is 5.92 Å². The molecule has 3 rings (SSSR count). The van der Waals surface area contributed by atoms with Crippen molar-refractivity contribution in [2.75, 3.05) is 13.1 Å². The molecule has 0 radical (unpaired) electrons. The molecular weight excluding hydrogens is 326 g/mol. The second-order valence-corrected chi connectivity index (χ2v) is 7.03. The summed E-state index contributed by atoms with van der Waals surface area (Å²) in [6, 6.07) is 7.76. The average Bonchev–Trinajstić information content (AvgIpc) is 3.06. The van der Waals surface area contributed by atoms with Crippen molar-refractivity contribution >= 4 is 17.5 Å². The number of rotatable bonds is 5. The van der Waals surface area contributed by atoms with Gasteiger partial charge in [0.15, 0.2) is 5.82 Å². The quantitative estimate of drug-likeness (QED) is 0.825. The summed E-state index contributed by atoms with van der Waals surface area (Å²) < 4.78 is 5.41. The van der Waals surface area contributed by atoms with Gasteiger partial charge >= 0.3 is 0 Å². The first-order valence-electron chi connectivity index (χ1n) is 8.38. The Hall–Kier alpha value is -1.88. The Kier molecular flexibility index (Phi) is 5.19. The van der Waals surface area contributed by atoms with Crippen LogP contribution in [-0.2, 0) is 11.2 Å². The fourth-order valence-electron chi connectivity index (χ4n) is 2.90. The lowest BCUT2D eigenvalue weighted by Crippen LogP contribution is -2.40. The van der Waals surface area contributed by atoms with Crippen LogP contribution < -0.4 is 0 Å². The Labute approximate surface area is 147 Å². The summed E-state index contributed by atoms with van der Waals surface area (Å²) >= 11 is 5.91. The standard InChI is InChI=1S/C18H22ClN3O2/c1-12(2)17-20-18(24-21-17)14-5-8-16(23)22(11-14)10-9-13-3-6-15(19)7-4-13/h3-4,6-7,12,14H,5,8-11H2,1-2H3/t14-/m1/s1. The van der Waals surface area contributed by atoms with Crippen molar-refractivity contribution in [1.82, 2.24) is 15.0 Å². The molecule has 2 heterocycles. The van der Waals surface area contributed by atoms with Crippen molar-refractivity contribution in [2.24, 2.45) is 0 Å². The van der Waals surface area contributed by atoms with Crippen LogP contribution in [0.4, 0.5) is 0 Å². The van der Waals surface area contributed by atoms with Crippen LogP contribution in [0, 0.1) is 0 Å². The van der Waals surface area contributed by atoms with E-state index in [0.29, 0.717) is 25.4 Å². The Morgan fingerprint density at radius 3 is 2.75 bits per heavy atom. The van der Waals surface area contributed by atoms with Crippen molar-refractivity contribution in [3.63, 3.8) is 0 Å². The number of piperidine rings is 1. The number of hydrogen-bond acceptors (Lipinski definition) is 4. The molecule has 1 aromatic heterocycles. The van der Waals surface area contributed by atoms with E-state index in [4.69, 9.17) is 16.1 Å². The zero-order chi connectivity index (χ0) is 17.1. The molecule has 1 fully saturated rings. The lowest BCUT2D eigenvalue weighted by atomic mass is 9.97. The van der Waals surface area contributed by atoms with Crippen LogP contribution in [-0.4, -0.2) is 34.0 Å². The minimum absolute atomic E-state index is 0.132. The number of hydrogen-bond donors (Lipinski definition) is 0. The molecule has 1 saturated heterocycles. The van der Waals surface area contributed by atoms with Gasteiger partial charge in [0.2, 0.25) is 11.8 Å². The summed E-state index contributed by atoms with van der Waals surface area (Å²) in [6.07, 6.45) is 2.12. The molecule has 0 saturated carbocycles. The monoisotopic (exact) mass is 347 g/mol. The average molecular weight is 348 g/mol. The summed E-state index contributed by atoms with van der Waals surface area (Å²) in [5.74, 6) is 1.96. The van der Waals surface area contributed by atoms with Gasteiger partial charge in [0.1, 0.15) is 0 Å². The molecule has 1 aliphatic rings. The third-order valence-electron chi connectivity index (χ3n) is 4.41. The molecular formula is C18H22ClN3O2. The van der Waals surface area contributed by atoms with E-state index >= 15 is 0 Å². The zero-order valence-corrected chi connectivity index (χ0v) is 14.8. The van der Waals surface area contributed by atoms with Crippen molar-refractivity contribution in [3.8, 4) is 0 Å². The van der Waals surface area contributed by atoms with E-state index in [-0.39, 0.29) is 17.7 Å². The Bertz CT molecular complexity index is 697. The molecule has 1 aliphatic heterocycles. The molecule has 0 N–H and O–H groups in total. The Morgan fingerprint density at radius 1 is 1.33 bits per heavy atom. The van der Waals surface area contributed by atoms with Crippen LogP contribution in [0.2, 0.25) is 5.02 Å². The molecule has 24 heavy (non-hydrogen) atoms. The maximum Gasteiger partial charge on any atom is 0.231 e. The predicted octanol–water partition coefficient (Wildman–Crippen LogP) is 3.80. The van der Waals surface area contributed by atoms with Crippen LogP contribution in [0.1, 0.15) is 55.8 Å². The highest BCUT2D eigenvalue weighted by atomic mass is 35.5. The van der Waals surface area contributed by atoms with Crippen LogP contribution in [0.5, 0.6) is 0 Å². The second-order valence-electron chi connectivity index (χ2n) is 6.60. The number of nitrogens with zero attached hydrogens (tertiary/aromatic N) is 3. The van der Waals surface area contributed by atoms with Crippen molar-refractivity contribution in [1.29, 1.82) is 0 Å².